The van der Waals surface area contributed by atoms with Crippen molar-refractivity contribution in [2.75, 3.05) is 0 Å². The van der Waals surface area contributed by atoms with Gasteiger partial charge in [0.1, 0.15) is 11.5 Å². The first-order valence-electron chi connectivity index (χ1n) is 6.80. The number of nitro groups is 1. The fourth-order valence-electron chi connectivity index (χ4n) is 2.12. The molecule has 0 atom stereocenters. The maximum absolute atomic E-state index is 10.8. The molecule has 3 rings (SSSR count). The molecule has 22 heavy (non-hydrogen) atoms. The van der Waals surface area contributed by atoms with Gasteiger partial charge in [-0.3, -0.25) is 10.1 Å². The van der Waals surface area contributed by atoms with Crippen LogP contribution in [0.25, 0.3) is 23.5 Å². The summed E-state index contributed by atoms with van der Waals surface area (Å²) in [4.78, 5) is 10.3. The second-order valence-corrected chi connectivity index (χ2v) is 4.75. The maximum atomic E-state index is 10.8. The van der Waals surface area contributed by atoms with Crippen LogP contribution in [-0.2, 0) is 0 Å². The lowest BCUT2D eigenvalue weighted by atomic mass is 10.2. The van der Waals surface area contributed by atoms with E-state index in [-0.39, 0.29) is 5.69 Å². The predicted molar refractivity (Wildman–Crippen MR) is 86.2 cm³/mol. The van der Waals surface area contributed by atoms with Crippen molar-refractivity contribution < 1.29 is 9.34 Å². The molecule has 3 aromatic rings. The molecule has 0 fully saturated rings. The molecule has 1 heterocycles. The smallest absolute Gasteiger partial charge is 0.270 e. The van der Waals surface area contributed by atoms with Crippen LogP contribution in [0.4, 0.5) is 5.69 Å². The molecule has 0 aliphatic heterocycles. The zero-order valence-electron chi connectivity index (χ0n) is 11.7. The number of furan rings is 1. The highest BCUT2D eigenvalue weighted by Gasteiger charge is 2.04. The minimum absolute atomic E-state index is 0.0755. The molecular weight excluding hydrogens is 278 g/mol. The van der Waals surface area contributed by atoms with Crippen molar-refractivity contribution in [2.24, 2.45) is 0 Å². The third kappa shape index (κ3) is 3.12. The number of non-ortho nitro benzene ring substituents is 1. The van der Waals surface area contributed by atoms with E-state index in [2.05, 4.69) is 0 Å². The van der Waals surface area contributed by atoms with Crippen LogP contribution in [0.1, 0.15) is 11.3 Å². The van der Waals surface area contributed by atoms with Gasteiger partial charge in [-0.05, 0) is 23.8 Å². The SMILES string of the molecule is O=[N+]([O-])c1cccc(/C=C/c2ccc(-c3ccccc3)o2)c1. The van der Waals surface area contributed by atoms with Crippen LogP contribution in [0, 0.1) is 10.1 Å². The van der Waals surface area contributed by atoms with E-state index in [1.165, 1.54) is 12.1 Å². The largest absolute Gasteiger partial charge is 0.457 e. The predicted octanol–water partition coefficient (Wildman–Crippen LogP) is 5.03. The molecule has 2 aromatic carbocycles. The molecule has 108 valence electrons. The number of hydrogen-bond donors (Lipinski definition) is 0. The zero-order chi connectivity index (χ0) is 15.4. The summed E-state index contributed by atoms with van der Waals surface area (Å²) in [5.74, 6) is 1.49. The lowest BCUT2D eigenvalue weighted by Crippen LogP contribution is -1.87. The molecule has 0 bridgehead atoms. The summed E-state index contributed by atoms with van der Waals surface area (Å²) in [5.41, 5.74) is 1.84. The van der Waals surface area contributed by atoms with E-state index in [4.69, 9.17) is 4.42 Å². The van der Waals surface area contributed by atoms with Gasteiger partial charge in [-0.2, -0.15) is 0 Å². The first kappa shape index (κ1) is 13.8. The molecule has 0 N–H and O–H groups in total. The van der Waals surface area contributed by atoms with Gasteiger partial charge in [0.15, 0.2) is 0 Å². The summed E-state index contributed by atoms with van der Waals surface area (Å²) in [6.45, 7) is 0. The number of nitro benzene ring substituents is 1. The average Bonchev–Trinajstić information content (AvgIpc) is 3.03. The molecule has 0 amide bonds. The Morgan fingerprint density at radius 3 is 2.50 bits per heavy atom. The van der Waals surface area contributed by atoms with Crippen LogP contribution >= 0.6 is 0 Å². The minimum atomic E-state index is -0.405. The second kappa shape index (κ2) is 6.10. The molecule has 0 spiro atoms. The Labute approximate surface area is 127 Å². The van der Waals surface area contributed by atoms with Crippen molar-refractivity contribution in [1.29, 1.82) is 0 Å². The second-order valence-electron chi connectivity index (χ2n) is 4.75. The molecule has 0 unspecified atom stereocenters. The quantitative estimate of drug-likeness (QED) is 0.500. The highest BCUT2D eigenvalue weighted by atomic mass is 16.6. The van der Waals surface area contributed by atoms with Gasteiger partial charge < -0.3 is 4.42 Å². The molecule has 0 saturated heterocycles. The molecule has 0 radical (unpaired) electrons. The Kier molecular flexibility index (Phi) is 3.83. The molecular formula is C18H13NO3. The molecule has 4 nitrogen and oxygen atoms in total. The summed E-state index contributed by atoms with van der Waals surface area (Å²) in [6.07, 6.45) is 3.59. The zero-order valence-corrected chi connectivity index (χ0v) is 11.7. The van der Waals surface area contributed by atoms with Gasteiger partial charge in [0.25, 0.3) is 5.69 Å². The number of rotatable bonds is 4. The monoisotopic (exact) mass is 291 g/mol. The highest BCUT2D eigenvalue weighted by Crippen LogP contribution is 2.23. The van der Waals surface area contributed by atoms with E-state index in [0.717, 1.165) is 16.9 Å². The van der Waals surface area contributed by atoms with Crippen LogP contribution in [0.2, 0.25) is 0 Å². The number of benzene rings is 2. The Bertz CT molecular complexity index is 819. The van der Waals surface area contributed by atoms with Crippen LogP contribution in [0.5, 0.6) is 0 Å². The number of hydrogen-bond acceptors (Lipinski definition) is 3. The molecule has 0 aliphatic rings. The van der Waals surface area contributed by atoms with Gasteiger partial charge in [0.05, 0.1) is 4.92 Å². The van der Waals surface area contributed by atoms with Gasteiger partial charge in [0.2, 0.25) is 0 Å². The van der Waals surface area contributed by atoms with Gasteiger partial charge in [-0.25, -0.2) is 0 Å². The molecule has 4 heteroatoms. The van der Waals surface area contributed by atoms with Crippen molar-refractivity contribution in [2.45, 2.75) is 0 Å². The van der Waals surface area contributed by atoms with E-state index in [9.17, 15) is 10.1 Å². The van der Waals surface area contributed by atoms with Gasteiger partial charge in [-0.1, -0.05) is 48.5 Å². The van der Waals surface area contributed by atoms with Crippen molar-refractivity contribution in [3.05, 3.63) is 88.2 Å². The van der Waals surface area contributed by atoms with E-state index < -0.39 is 4.92 Å². The fourth-order valence-corrected chi connectivity index (χ4v) is 2.12. The summed E-state index contributed by atoms with van der Waals surface area (Å²) >= 11 is 0. The van der Waals surface area contributed by atoms with E-state index in [1.54, 1.807) is 18.2 Å². The third-order valence-corrected chi connectivity index (χ3v) is 3.21. The molecule has 0 saturated carbocycles. The standard InChI is InChI=1S/C18H13NO3/c20-19(21)16-8-4-5-14(13-16)9-10-17-11-12-18(22-17)15-6-2-1-3-7-15/h1-13H/b10-9+. The topological polar surface area (TPSA) is 56.3 Å². The summed E-state index contributed by atoms with van der Waals surface area (Å²) in [6, 6.07) is 20.1. The Hall–Kier alpha value is -3.14. The summed E-state index contributed by atoms with van der Waals surface area (Å²) < 4.78 is 5.75. The van der Waals surface area contributed by atoms with Crippen LogP contribution in [0.3, 0.4) is 0 Å². The lowest BCUT2D eigenvalue weighted by molar-refractivity contribution is -0.384. The average molecular weight is 291 g/mol. The van der Waals surface area contributed by atoms with E-state index in [0.29, 0.717) is 5.76 Å². The molecule has 0 aliphatic carbocycles. The van der Waals surface area contributed by atoms with Crippen molar-refractivity contribution in [1.82, 2.24) is 0 Å². The molecule has 1 aromatic heterocycles. The highest BCUT2D eigenvalue weighted by molar-refractivity contribution is 5.70. The van der Waals surface area contributed by atoms with Gasteiger partial charge in [-0.15, -0.1) is 0 Å². The fraction of sp³-hybridized carbons (Fsp3) is 0. The first-order chi connectivity index (χ1) is 10.7. The summed E-state index contributed by atoms with van der Waals surface area (Å²) in [7, 11) is 0. The maximum Gasteiger partial charge on any atom is 0.270 e. The Morgan fingerprint density at radius 1 is 0.909 bits per heavy atom. The first-order valence-corrected chi connectivity index (χ1v) is 6.80. The van der Waals surface area contributed by atoms with Crippen LogP contribution < -0.4 is 0 Å². The normalized spacial score (nSPS) is 10.9. The van der Waals surface area contributed by atoms with E-state index in [1.807, 2.05) is 48.5 Å². The van der Waals surface area contributed by atoms with Crippen molar-refractivity contribution >= 4 is 17.8 Å². The Balaban J connectivity index is 1.80. The summed E-state index contributed by atoms with van der Waals surface area (Å²) in [5, 5.41) is 10.8. The van der Waals surface area contributed by atoms with Crippen molar-refractivity contribution in [3.8, 4) is 11.3 Å². The minimum Gasteiger partial charge on any atom is -0.457 e. The lowest BCUT2D eigenvalue weighted by Gasteiger charge is -1.95. The number of nitrogens with zero attached hydrogens (tertiary/aromatic N) is 1. The van der Waals surface area contributed by atoms with Gasteiger partial charge >= 0.3 is 0 Å². The van der Waals surface area contributed by atoms with Crippen LogP contribution in [-0.4, -0.2) is 4.92 Å². The van der Waals surface area contributed by atoms with Gasteiger partial charge in [0, 0.05) is 17.7 Å². The van der Waals surface area contributed by atoms with Crippen molar-refractivity contribution in [3.63, 3.8) is 0 Å². The Morgan fingerprint density at radius 2 is 1.73 bits per heavy atom. The van der Waals surface area contributed by atoms with Crippen LogP contribution in [0.15, 0.2) is 71.1 Å². The van der Waals surface area contributed by atoms with E-state index >= 15 is 0 Å². The third-order valence-electron chi connectivity index (χ3n) is 3.21.